The number of Topliss-reactive ketones (excluding diaryl/α,β-unsaturated/α-hetero) is 1. The number of rotatable bonds is 7. The highest BCUT2D eigenvalue weighted by Crippen LogP contribution is 2.26. The molecule has 0 atom stereocenters. The fraction of sp³-hybridized carbons (Fsp3) is 0.143. The molecule has 0 amide bonds. The maximum Gasteiger partial charge on any atom is 0.387 e. The summed E-state index contributed by atoms with van der Waals surface area (Å²) in [4.78, 5) is 24.7. The first-order valence-electron chi connectivity index (χ1n) is 8.34. The van der Waals surface area contributed by atoms with E-state index in [1.807, 2.05) is 18.2 Å². The number of halogens is 2. The minimum Gasteiger partial charge on any atom is -0.457 e. The highest BCUT2D eigenvalue weighted by atomic mass is 19.3. The summed E-state index contributed by atoms with van der Waals surface area (Å²) >= 11 is 0. The summed E-state index contributed by atoms with van der Waals surface area (Å²) in [6.07, 6.45) is 1.34. The summed E-state index contributed by atoms with van der Waals surface area (Å²) in [5.41, 5.74) is 1.86. The van der Waals surface area contributed by atoms with Gasteiger partial charge in [-0.3, -0.25) is 4.79 Å². The molecule has 0 aliphatic heterocycles. The Labute approximate surface area is 159 Å². The van der Waals surface area contributed by atoms with E-state index in [2.05, 4.69) is 4.74 Å². The van der Waals surface area contributed by atoms with Crippen LogP contribution in [0.3, 0.4) is 0 Å². The molecule has 0 saturated carbocycles. The van der Waals surface area contributed by atoms with E-state index in [4.69, 9.17) is 9.15 Å². The van der Waals surface area contributed by atoms with Gasteiger partial charge in [-0.2, -0.15) is 8.78 Å². The molecule has 0 spiro atoms. The number of ether oxygens (including phenoxy) is 2. The molecule has 0 bridgehead atoms. The van der Waals surface area contributed by atoms with E-state index in [-0.39, 0.29) is 17.1 Å². The van der Waals surface area contributed by atoms with Crippen molar-refractivity contribution in [1.29, 1.82) is 0 Å². The van der Waals surface area contributed by atoms with Crippen molar-refractivity contribution in [3.8, 4) is 16.9 Å². The van der Waals surface area contributed by atoms with Gasteiger partial charge >= 0.3 is 12.6 Å². The predicted octanol–water partition coefficient (Wildman–Crippen LogP) is 4.90. The van der Waals surface area contributed by atoms with Crippen LogP contribution in [0.1, 0.15) is 26.5 Å². The molecule has 28 heavy (non-hydrogen) atoms. The molecule has 0 radical (unpaired) electrons. The molecular weight excluding hydrogens is 370 g/mol. The average molecular weight is 386 g/mol. The Bertz CT molecular complexity index is 979. The van der Waals surface area contributed by atoms with Crippen molar-refractivity contribution in [2.75, 3.05) is 6.61 Å². The van der Waals surface area contributed by atoms with Crippen LogP contribution >= 0.6 is 0 Å². The number of esters is 1. The van der Waals surface area contributed by atoms with Crippen molar-refractivity contribution in [2.24, 2.45) is 0 Å². The first-order valence-corrected chi connectivity index (χ1v) is 8.34. The third kappa shape index (κ3) is 4.43. The summed E-state index contributed by atoms with van der Waals surface area (Å²) in [7, 11) is 0. The first-order chi connectivity index (χ1) is 13.5. The lowest BCUT2D eigenvalue weighted by Gasteiger charge is -2.11. The van der Waals surface area contributed by atoms with E-state index in [0.717, 1.165) is 5.56 Å². The number of alkyl halides is 2. The van der Waals surface area contributed by atoms with Crippen LogP contribution in [0.2, 0.25) is 0 Å². The molecule has 1 aromatic heterocycles. The van der Waals surface area contributed by atoms with Gasteiger partial charge in [0.15, 0.2) is 6.61 Å². The van der Waals surface area contributed by atoms with Crippen molar-refractivity contribution >= 4 is 11.8 Å². The number of benzene rings is 2. The largest absolute Gasteiger partial charge is 0.457 e. The molecule has 0 aliphatic rings. The second kappa shape index (κ2) is 8.47. The third-order valence-electron chi connectivity index (χ3n) is 3.92. The van der Waals surface area contributed by atoms with E-state index in [0.29, 0.717) is 11.1 Å². The molecule has 0 saturated heterocycles. The molecule has 5 nitrogen and oxygen atoms in total. The summed E-state index contributed by atoms with van der Waals surface area (Å²) in [5.74, 6) is -1.82. The molecule has 0 aliphatic carbocycles. The molecule has 0 N–H and O–H groups in total. The maximum absolute atomic E-state index is 12.5. The van der Waals surface area contributed by atoms with Crippen LogP contribution in [0.4, 0.5) is 8.78 Å². The van der Waals surface area contributed by atoms with Gasteiger partial charge < -0.3 is 13.9 Å². The second-order valence-corrected chi connectivity index (χ2v) is 5.91. The Hall–Kier alpha value is -3.48. The SMILES string of the molecule is Cc1ccc(OC(F)F)c(C(=O)COC(=O)c2occc2-c2ccccc2)c1. The molecule has 3 aromatic rings. The van der Waals surface area contributed by atoms with Crippen LogP contribution in [0, 0.1) is 6.92 Å². The van der Waals surface area contributed by atoms with E-state index in [9.17, 15) is 18.4 Å². The van der Waals surface area contributed by atoms with Gasteiger partial charge in [0.2, 0.25) is 11.5 Å². The predicted molar refractivity (Wildman–Crippen MR) is 96.6 cm³/mol. The Balaban J connectivity index is 1.74. The van der Waals surface area contributed by atoms with Gasteiger partial charge in [0, 0.05) is 5.56 Å². The lowest BCUT2D eigenvalue weighted by molar-refractivity contribution is -0.0502. The van der Waals surface area contributed by atoms with Crippen LogP contribution in [-0.4, -0.2) is 25.0 Å². The fourth-order valence-corrected chi connectivity index (χ4v) is 2.65. The van der Waals surface area contributed by atoms with Crippen LogP contribution in [0.5, 0.6) is 5.75 Å². The summed E-state index contributed by atoms with van der Waals surface area (Å²) in [5, 5.41) is 0. The summed E-state index contributed by atoms with van der Waals surface area (Å²) < 4.78 is 39.7. The number of carbonyl (C=O) groups is 2. The molecule has 0 fully saturated rings. The Morgan fingerprint density at radius 3 is 2.54 bits per heavy atom. The maximum atomic E-state index is 12.5. The molecule has 2 aromatic carbocycles. The monoisotopic (exact) mass is 386 g/mol. The smallest absolute Gasteiger partial charge is 0.387 e. The van der Waals surface area contributed by atoms with Crippen LogP contribution in [-0.2, 0) is 4.74 Å². The zero-order valence-corrected chi connectivity index (χ0v) is 14.9. The summed E-state index contributed by atoms with van der Waals surface area (Å²) in [6, 6.07) is 14.9. The molecule has 144 valence electrons. The van der Waals surface area contributed by atoms with Crippen LogP contribution < -0.4 is 4.74 Å². The normalized spacial score (nSPS) is 10.7. The second-order valence-electron chi connectivity index (χ2n) is 5.91. The number of carbonyl (C=O) groups excluding carboxylic acids is 2. The van der Waals surface area contributed by atoms with Gasteiger partial charge in [-0.15, -0.1) is 0 Å². The van der Waals surface area contributed by atoms with Crippen LogP contribution in [0.15, 0.2) is 65.3 Å². The standard InChI is InChI=1S/C21H16F2O5/c1-13-7-8-18(28-21(22)23)16(11-13)17(24)12-27-20(25)19-15(9-10-26-19)14-5-3-2-4-6-14/h2-11,21H,12H2,1H3. The van der Waals surface area contributed by atoms with E-state index in [1.54, 1.807) is 25.1 Å². The van der Waals surface area contributed by atoms with E-state index in [1.165, 1.54) is 24.5 Å². The lowest BCUT2D eigenvalue weighted by atomic mass is 10.1. The van der Waals surface area contributed by atoms with Gasteiger partial charge in [0.1, 0.15) is 5.75 Å². The quantitative estimate of drug-likeness (QED) is 0.427. The van der Waals surface area contributed by atoms with Gasteiger partial charge in [-0.25, -0.2) is 4.79 Å². The van der Waals surface area contributed by atoms with Gasteiger partial charge in [-0.1, -0.05) is 42.0 Å². The van der Waals surface area contributed by atoms with Crippen molar-refractivity contribution < 1.29 is 32.3 Å². The van der Waals surface area contributed by atoms with Gasteiger partial charge in [-0.05, 0) is 30.7 Å². The fourth-order valence-electron chi connectivity index (χ4n) is 2.65. The van der Waals surface area contributed by atoms with E-state index < -0.39 is 25.0 Å². The lowest BCUT2D eigenvalue weighted by Crippen LogP contribution is -2.16. The number of hydrogen-bond donors (Lipinski definition) is 0. The Kier molecular flexibility index (Phi) is 5.84. The number of hydrogen-bond acceptors (Lipinski definition) is 5. The molecule has 0 unspecified atom stereocenters. The zero-order valence-electron chi connectivity index (χ0n) is 14.9. The van der Waals surface area contributed by atoms with Crippen molar-refractivity contribution in [3.63, 3.8) is 0 Å². The number of aryl methyl sites for hydroxylation is 1. The van der Waals surface area contributed by atoms with Crippen molar-refractivity contribution in [3.05, 3.63) is 77.7 Å². The van der Waals surface area contributed by atoms with Gasteiger partial charge in [0.05, 0.1) is 11.8 Å². The minimum absolute atomic E-state index is 0.0488. The zero-order chi connectivity index (χ0) is 20.1. The molecule has 1 heterocycles. The van der Waals surface area contributed by atoms with Crippen LogP contribution in [0.25, 0.3) is 11.1 Å². The van der Waals surface area contributed by atoms with Crippen molar-refractivity contribution in [2.45, 2.75) is 13.5 Å². The highest BCUT2D eigenvalue weighted by Gasteiger charge is 2.22. The molecule has 3 rings (SSSR count). The van der Waals surface area contributed by atoms with Gasteiger partial charge in [0.25, 0.3) is 0 Å². The average Bonchev–Trinajstić information content (AvgIpc) is 3.17. The Morgan fingerprint density at radius 1 is 1.07 bits per heavy atom. The molecule has 7 heteroatoms. The summed E-state index contributed by atoms with van der Waals surface area (Å²) in [6.45, 7) is -2.02. The highest BCUT2D eigenvalue weighted by molar-refractivity contribution is 6.02. The topological polar surface area (TPSA) is 65.7 Å². The number of ketones is 1. The third-order valence-corrected chi connectivity index (χ3v) is 3.92. The van der Waals surface area contributed by atoms with E-state index >= 15 is 0 Å². The Morgan fingerprint density at radius 2 is 1.82 bits per heavy atom. The molecular formula is C21H16F2O5. The first kappa shape index (κ1) is 19.3. The number of furan rings is 1. The van der Waals surface area contributed by atoms with Crippen molar-refractivity contribution in [1.82, 2.24) is 0 Å². The minimum atomic E-state index is -3.08.